The lowest BCUT2D eigenvalue weighted by Gasteiger charge is -2.10. The molecule has 2 aromatic rings. The first-order valence-electron chi connectivity index (χ1n) is 7.34. The number of carbonyl (C=O) groups excluding carboxylic acids is 1. The van der Waals surface area contributed by atoms with Crippen molar-refractivity contribution >= 4 is 29.1 Å². The fourth-order valence-corrected chi connectivity index (χ4v) is 2.16. The number of hydrogen-bond acceptors (Lipinski definition) is 5. The summed E-state index contributed by atoms with van der Waals surface area (Å²) in [5, 5.41) is 14.3. The molecule has 7 heteroatoms. The molecule has 0 saturated carbocycles. The van der Waals surface area contributed by atoms with Crippen LogP contribution in [0.5, 0.6) is 0 Å². The Morgan fingerprint density at radius 2 is 1.83 bits per heavy atom. The van der Waals surface area contributed by atoms with Crippen LogP contribution in [0.3, 0.4) is 0 Å². The van der Waals surface area contributed by atoms with Crippen LogP contribution in [-0.2, 0) is 0 Å². The van der Waals surface area contributed by atoms with Crippen molar-refractivity contribution in [3.05, 3.63) is 47.0 Å². The zero-order chi connectivity index (χ0) is 16.7. The zero-order valence-corrected chi connectivity index (χ0v) is 14.0. The number of amides is 1. The molecular weight excluding hydrogens is 314 g/mol. The van der Waals surface area contributed by atoms with Gasteiger partial charge in [0.15, 0.2) is 5.82 Å². The fourth-order valence-electron chi connectivity index (χ4n) is 1.93. The minimum absolute atomic E-state index is 0.309. The van der Waals surface area contributed by atoms with Crippen molar-refractivity contribution in [1.82, 2.24) is 15.1 Å². The quantitative estimate of drug-likeness (QED) is 0.762. The van der Waals surface area contributed by atoms with Crippen LogP contribution < -0.4 is 10.6 Å². The molecule has 1 heterocycles. The number of aromatic nitrogens is 2. The number of hydrogen-bond donors (Lipinski definition) is 2. The van der Waals surface area contributed by atoms with Gasteiger partial charge in [-0.2, -0.15) is 0 Å². The van der Waals surface area contributed by atoms with E-state index in [2.05, 4.69) is 25.7 Å². The van der Waals surface area contributed by atoms with Crippen molar-refractivity contribution in [2.75, 3.05) is 37.8 Å². The van der Waals surface area contributed by atoms with Gasteiger partial charge in [-0.1, -0.05) is 23.7 Å². The van der Waals surface area contributed by atoms with E-state index >= 15 is 0 Å². The lowest BCUT2D eigenvalue weighted by molar-refractivity contribution is 0.102. The predicted molar refractivity (Wildman–Crippen MR) is 93.1 cm³/mol. The Kier molecular flexibility index (Phi) is 6.31. The first kappa shape index (κ1) is 17.2. The molecule has 2 rings (SSSR count). The SMILES string of the molecule is CN(C)CCCNc1ccc(NC(=O)c2ccccc2Cl)nn1. The molecule has 0 saturated heterocycles. The minimum atomic E-state index is -0.309. The average molecular weight is 334 g/mol. The molecule has 0 aliphatic heterocycles. The summed E-state index contributed by atoms with van der Waals surface area (Å²) in [6, 6.07) is 10.3. The van der Waals surface area contributed by atoms with E-state index in [-0.39, 0.29) is 5.91 Å². The number of rotatable bonds is 7. The third-order valence-corrected chi connectivity index (χ3v) is 3.44. The Hall–Kier alpha value is -2.18. The molecule has 2 N–H and O–H groups in total. The van der Waals surface area contributed by atoms with Crippen molar-refractivity contribution in [3.8, 4) is 0 Å². The molecule has 1 aromatic heterocycles. The Morgan fingerprint density at radius 3 is 2.48 bits per heavy atom. The summed E-state index contributed by atoms with van der Waals surface area (Å²) in [6.07, 6.45) is 1.01. The monoisotopic (exact) mass is 333 g/mol. The van der Waals surface area contributed by atoms with E-state index in [1.807, 2.05) is 14.1 Å². The summed E-state index contributed by atoms with van der Waals surface area (Å²) >= 11 is 5.99. The Labute approximate surface area is 140 Å². The topological polar surface area (TPSA) is 70.2 Å². The van der Waals surface area contributed by atoms with Crippen molar-refractivity contribution in [1.29, 1.82) is 0 Å². The highest BCUT2D eigenvalue weighted by Gasteiger charge is 2.10. The summed E-state index contributed by atoms with van der Waals surface area (Å²) < 4.78 is 0. The maximum atomic E-state index is 12.1. The smallest absolute Gasteiger partial charge is 0.258 e. The molecule has 0 bridgehead atoms. The number of nitrogens with zero attached hydrogens (tertiary/aromatic N) is 3. The van der Waals surface area contributed by atoms with Gasteiger partial charge < -0.3 is 15.5 Å². The molecule has 0 aliphatic rings. The van der Waals surface area contributed by atoms with Crippen molar-refractivity contribution in [3.63, 3.8) is 0 Å². The van der Waals surface area contributed by atoms with Gasteiger partial charge in [0.1, 0.15) is 5.82 Å². The highest BCUT2D eigenvalue weighted by atomic mass is 35.5. The third-order valence-electron chi connectivity index (χ3n) is 3.11. The van der Waals surface area contributed by atoms with Crippen LogP contribution in [0.15, 0.2) is 36.4 Å². The van der Waals surface area contributed by atoms with Gasteiger partial charge in [-0.05, 0) is 51.3 Å². The van der Waals surface area contributed by atoms with E-state index in [9.17, 15) is 4.79 Å². The molecule has 0 aliphatic carbocycles. The zero-order valence-electron chi connectivity index (χ0n) is 13.2. The second-order valence-corrected chi connectivity index (χ2v) is 5.73. The largest absolute Gasteiger partial charge is 0.369 e. The van der Waals surface area contributed by atoms with E-state index in [1.54, 1.807) is 36.4 Å². The van der Waals surface area contributed by atoms with Crippen LogP contribution in [0.4, 0.5) is 11.6 Å². The average Bonchev–Trinajstić information content (AvgIpc) is 2.53. The minimum Gasteiger partial charge on any atom is -0.369 e. The normalized spacial score (nSPS) is 10.6. The van der Waals surface area contributed by atoms with E-state index in [0.29, 0.717) is 22.2 Å². The highest BCUT2D eigenvalue weighted by molar-refractivity contribution is 6.34. The lowest BCUT2D eigenvalue weighted by Crippen LogP contribution is -2.17. The standard InChI is InChI=1S/C16H20ClN5O/c1-22(2)11-5-10-18-14-8-9-15(21-20-14)19-16(23)12-6-3-4-7-13(12)17/h3-4,6-9H,5,10-11H2,1-2H3,(H,18,20)(H,19,21,23). The van der Waals surface area contributed by atoms with E-state index in [1.165, 1.54) is 0 Å². The fraction of sp³-hybridized carbons (Fsp3) is 0.312. The first-order chi connectivity index (χ1) is 11.1. The predicted octanol–water partition coefficient (Wildman–Crippen LogP) is 2.75. The molecule has 0 unspecified atom stereocenters. The van der Waals surface area contributed by atoms with Crippen LogP contribution in [0.1, 0.15) is 16.8 Å². The second kappa shape index (κ2) is 8.45. The maximum Gasteiger partial charge on any atom is 0.258 e. The van der Waals surface area contributed by atoms with Gasteiger partial charge in [-0.25, -0.2) is 0 Å². The summed E-state index contributed by atoms with van der Waals surface area (Å²) in [5.74, 6) is 0.754. The molecule has 23 heavy (non-hydrogen) atoms. The summed E-state index contributed by atoms with van der Waals surface area (Å²) in [4.78, 5) is 14.2. The van der Waals surface area contributed by atoms with E-state index < -0.39 is 0 Å². The summed E-state index contributed by atoms with van der Waals surface area (Å²) in [6.45, 7) is 1.82. The van der Waals surface area contributed by atoms with Gasteiger partial charge in [0, 0.05) is 6.54 Å². The molecule has 0 spiro atoms. The van der Waals surface area contributed by atoms with Gasteiger partial charge in [0.2, 0.25) is 0 Å². The first-order valence-corrected chi connectivity index (χ1v) is 7.72. The third kappa shape index (κ3) is 5.50. The maximum absolute atomic E-state index is 12.1. The Balaban J connectivity index is 1.87. The van der Waals surface area contributed by atoms with E-state index in [0.717, 1.165) is 19.5 Å². The van der Waals surface area contributed by atoms with Crippen LogP contribution in [0, 0.1) is 0 Å². The van der Waals surface area contributed by atoms with Gasteiger partial charge in [-0.15, -0.1) is 10.2 Å². The summed E-state index contributed by atoms with van der Waals surface area (Å²) in [5.41, 5.74) is 0.404. The lowest BCUT2D eigenvalue weighted by atomic mass is 10.2. The van der Waals surface area contributed by atoms with E-state index in [4.69, 9.17) is 11.6 Å². The van der Waals surface area contributed by atoms with Crippen molar-refractivity contribution in [2.24, 2.45) is 0 Å². The molecule has 1 amide bonds. The van der Waals surface area contributed by atoms with Crippen molar-refractivity contribution < 1.29 is 4.79 Å². The molecule has 122 valence electrons. The highest BCUT2D eigenvalue weighted by Crippen LogP contribution is 2.16. The molecular formula is C16H20ClN5O. The van der Waals surface area contributed by atoms with Gasteiger partial charge in [0.25, 0.3) is 5.91 Å². The summed E-state index contributed by atoms with van der Waals surface area (Å²) in [7, 11) is 4.08. The van der Waals surface area contributed by atoms with Gasteiger partial charge in [0.05, 0.1) is 10.6 Å². The number of halogens is 1. The van der Waals surface area contributed by atoms with Crippen LogP contribution in [-0.4, -0.2) is 48.2 Å². The number of anilines is 2. The molecule has 0 radical (unpaired) electrons. The molecule has 0 fully saturated rings. The molecule has 1 aromatic carbocycles. The number of carbonyl (C=O) groups is 1. The van der Waals surface area contributed by atoms with Crippen LogP contribution in [0.25, 0.3) is 0 Å². The Bertz CT molecular complexity index is 645. The molecule has 6 nitrogen and oxygen atoms in total. The van der Waals surface area contributed by atoms with Crippen LogP contribution in [0.2, 0.25) is 5.02 Å². The second-order valence-electron chi connectivity index (χ2n) is 5.32. The van der Waals surface area contributed by atoms with Crippen LogP contribution >= 0.6 is 11.6 Å². The van der Waals surface area contributed by atoms with Gasteiger partial charge >= 0.3 is 0 Å². The van der Waals surface area contributed by atoms with Gasteiger partial charge in [-0.3, -0.25) is 4.79 Å². The Morgan fingerprint density at radius 1 is 1.13 bits per heavy atom. The number of benzene rings is 1. The molecule has 0 atom stereocenters. The number of nitrogens with one attached hydrogen (secondary N) is 2. The van der Waals surface area contributed by atoms with Crippen molar-refractivity contribution in [2.45, 2.75) is 6.42 Å².